The molecule has 9 nitrogen and oxygen atoms in total. The Bertz CT molecular complexity index is 1130. The van der Waals surface area contributed by atoms with Crippen LogP contribution < -0.4 is 15.4 Å². The molecule has 4 amide bonds. The molecule has 0 radical (unpaired) electrons. The molecule has 182 valence electrons. The van der Waals surface area contributed by atoms with Gasteiger partial charge >= 0.3 is 12.0 Å². The Morgan fingerprint density at radius 2 is 1.91 bits per heavy atom. The number of methoxy groups -OCH3 is 1. The molecule has 1 aliphatic heterocycles. The molecule has 34 heavy (non-hydrogen) atoms. The molecular weight excluding hydrogens is 458 g/mol. The Kier molecular flexibility index (Phi) is 7.61. The SMILES string of the molecule is CCOC(=O)c1c(NC(=O)CN2C(=O)N[C@@](C)(Cc3ccccc3OC)C2=O)sc(C)c1CC. The lowest BCUT2D eigenvalue weighted by Gasteiger charge is -2.22. The van der Waals surface area contributed by atoms with Gasteiger partial charge in [-0.25, -0.2) is 9.59 Å². The summed E-state index contributed by atoms with van der Waals surface area (Å²) in [7, 11) is 1.54. The van der Waals surface area contributed by atoms with Crippen LogP contribution in [-0.4, -0.2) is 54.5 Å². The van der Waals surface area contributed by atoms with Gasteiger partial charge in [0, 0.05) is 11.3 Å². The zero-order chi connectivity index (χ0) is 25.0. The number of carbonyl (C=O) groups excluding carboxylic acids is 4. The summed E-state index contributed by atoms with van der Waals surface area (Å²) in [6.45, 7) is 6.83. The second-order valence-corrected chi connectivity index (χ2v) is 9.33. The molecule has 1 fully saturated rings. The van der Waals surface area contributed by atoms with E-state index in [2.05, 4.69) is 10.6 Å². The highest BCUT2D eigenvalue weighted by Gasteiger charge is 2.48. The smallest absolute Gasteiger partial charge is 0.341 e. The number of para-hydroxylation sites is 1. The highest BCUT2D eigenvalue weighted by atomic mass is 32.1. The maximum Gasteiger partial charge on any atom is 0.341 e. The largest absolute Gasteiger partial charge is 0.496 e. The quantitative estimate of drug-likeness (QED) is 0.414. The number of esters is 1. The number of urea groups is 1. The van der Waals surface area contributed by atoms with E-state index in [4.69, 9.17) is 9.47 Å². The molecule has 0 aliphatic carbocycles. The lowest BCUT2D eigenvalue weighted by Crippen LogP contribution is -2.46. The summed E-state index contributed by atoms with van der Waals surface area (Å²) in [6, 6.07) is 6.58. The van der Waals surface area contributed by atoms with Gasteiger partial charge in [0.2, 0.25) is 5.91 Å². The number of imide groups is 1. The number of benzene rings is 1. The minimum atomic E-state index is -1.23. The van der Waals surface area contributed by atoms with Crippen LogP contribution in [0.25, 0.3) is 0 Å². The first-order valence-corrected chi connectivity index (χ1v) is 11.8. The number of aryl methyl sites for hydroxylation is 1. The van der Waals surface area contributed by atoms with Crippen molar-refractivity contribution in [3.05, 3.63) is 45.8 Å². The molecule has 10 heteroatoms. The van der Waals surface area contributed by atoms with Gasteiger partial charge in [0.25, 0.3) is 5.91 Å². The van der Waals surface area contributed by atoms with Crippen LogP contribution in [0.1, 0.15) is 47.1 Å². The number of nitrogens with one attached hydrogen (secondary N) is 2. The van der Waals surface area contributed by atoms with Gasteiger partial charge in [0.05, 0.1) is 19.3 Å². The summed E-state index contributed by atoms with van der Waals surface area (Å²) in [5.74, 6) is -1.01. The standard InChI is InChI=1S/C24H29N3O6S/c1-6-16-14(3)34-20(19(16)21(29)33-7-2)25-18(28)13-27-22(30)24(4,26-23(27)31)12-15-10-8-9-11-17(15)32-5/h8-11H,6-7,12-13H2,1-5H3,(H,25,28)(H,26,31)/t24-/m0/s1. The van der Waals surface area contributed by atoms with Crippen LogP contribution in [0, 0.1) is 6.92 Å². The third-order valence-corrected chi connectivity index (χ3v) is 6.74. The number of anilines is 1. The van der Waals surface area contributed by atoms with Gasteiger partial charge in [-0.15, -0.1) is 11.3 Å². The lowest BCUT2D eigenvalue weighted by atomic mass is 9.92. The molecule has 0 bridgehead atoms. The summed E-state index contributed by atoms with van der Waals surface area (Å²) in [5, 5.41) is 5.74. The first-order chi connectivity index (χ1) is 16.1. The van der Waals surface area contributed by atoms with Gasteiger partial charge in [-0.05, 0) is 44.4 Å². The molecule has 2 heterocycles. The average molecular weight is 488 g/mol. The molecule has 0 saturated carbocycles. The molecule has 3 rings (SSSR count). The van der Waals surface area contributed by atoms with Crippen LogP contribution in [0.2, 0.25) is 0 Å². The molecule has 2 N–H and O–H groups in total. The normalized spacial score (nSPS) is 17.5. The van der Waals surface area contributed by atoms with Crippen LogP contribution >= 0.6 is 11.3 Å². The summed E-state index contributed by atoms with van der Waals surface area (Å²) in [6.07, 6.45) is 0.803. The minimum absolute atomic E-state index is 0.205. The Balaban J connectivity index is 1.76. The van der Waals surface area contributed by atoms with Crippen molar-refractivity contribution in [3.63, 3.8) is 0 Å². The zero-order valence-electron chi connectivity index (χ0n) is 19.9. The topological polar surface area (TPSA) is 114 Å². The monoisotopic (exact) mass is 487 g/mol. The van der Waals surface area contributed by atoms with Gasteiger partial charge in [0.15, 0.2) is 0 Å². The fraction of sp³-hybridized carbons (Fsp3) is 0.417. The third-order valence-electron chi connectivity index (χ3n) is 5.68. The van der Waals surface area contributed by atoms with Crippen LogP contribution in [0.5, 0.6) is 5.75 Å². The summed E-state index contributed by atoms with van der Waals surface area (Å²) >= 11 is 1.26. The van der Waals surface area contributed by atoms with Crippen molar-refractivity contribution in [2.45, 2.75) is 46.1 Å². The van der Waals surface area contributed by atoms with Crippen LogP contribution in [0.4, 0.5) is 9.80 Å². The molecule has 1 aromatic carbocycles. The number of hydrogen-bond donors (Lipinski definition) is 2. The summed E-state index contributed by atoms with van der Waals surface area (Å²) in [4.78, 5) is 52.8. The fourth-order valence-electron chi connectivity index (χ4n) is 4.06. The molecule has 0 spiro atoms. The van der Waals surface area contributed by atoms with Crippen LogP contribution in [0.15, 0.2) is 24.3 Å². The van der Waals surface area contributed by atoms with Gasteiger partial charge in [-0.2, -0.15) is 0 Å². The zero-order valence-corrected chi connectivity index (χ0v) is 20.8. The van der Waals surface area contributed by atoms with E-state index in [0.717, 1.165) is 20.9 Å². The summed E-state index contributed by atoms with van der Waals surface area (Å²) in [5.41, 5.74) is 0.654. The predicted molar refractivity (Wildman–Crippen MR) is 128 cm³/mol. The molecule has 1 atom stereocenters. The van der Waals surface area contributed by atoms with Crippen LogP contribution in [-0.2, 0) is 27.2 Å². The summed E-state index contributed by atoms with van der Waals surface area (Å²) < 4.78 is 10.5. The number of rotatable bonds is 9. The van der Waals surface area contributed by atoms with Gasteiger partial charge < -0.3 is 20.1 Å². The molecule has 2 aromatic rings. The molecular formula is C24H29N3O6S. The fourth-order valence-corrected chi connectivity index (χ4v) is 5.21. The maximum atomic E-state index is 13.1. The molecule has 1 aromatic heterocycles. The number of hydrogen-bond acceptors (Lipinski definition) is 7. The van der Waals surface area contributed by atoms with Crippen LogP contribution in [0.3, 0.4) is 0 Å². The Morgan fingerprint density at radius 3 is 2.56 bits per heavy atom. The van der Waals surface area contributed by atoms with E-state index in [1.165, 1.54) is 18.4 Å². The molecule has 1 aliphatic rings. The van der Waals surface area contributed by atoms with Crippen molar-refractivity contribution in [3.8, 4) is 5.75 Å². The van der Waals surface area contributed by atoms with Crippen molar-refractivity contribution in [2.75, 3.05) is 25.6 Å². The average Bonchev–Trinajstić information content (AvgIpc) is 3.21. The van der Waals surface area contributed by atoms with Crippen molar-refractivity contribution >= 4 is 40.2 Å². The van der Waals surface area contributed by atoms with Crippen molar-refractivity contribution in [1.29, 1.82) is 0 Å². The second kappa shape index (κ2) is 10.3. The molecule has 0 unspecified atom stereocenters. The van der Waals surface area contributed by atoms with Crippen molar-refractivity contribution in [1.82, 2.24) is 10.2 Å². The molecule has 1 saturated heterocycles. The number of amides is 4. The second-order valence-electron chi connectivity index (χ2n) is 8.11. The van der Waals surface area contributed by atoms with Crippen molar-refractivity contribution in [2.24, 2.45) is 0 Å². The van der Waals surface area contributed by atoms with E-state index in [1.807, 2.05) is 32.0 Å². The van der Waals surface area contributed by atoms with E-state index >= 15 is 0 Å². The number of ether oxygens (including phenoxy) is 2. The maximum absolute atomic E-state index is 13.1. The minimum Gasteiger partial charge on any atom is -0.496 e. The lowest BCUT2D eigenvalue weighted by molar-refractivity contribution is -0.133. The first-order valence-electron chi connectivity index (χ1n) is 11.0. The van der Waals surface area contributed by atoms with Gasteiger partial charge in [-0.1, -0.05) is 25.1 Å². The van der Waals surface area contributed by atoms with Gasteiger partial charge in [0.1, 0.15) is 22.8 Å². The predicted octanol–water partition coefficient (Wildman–Crippen LogP) is 3.30. The van der Waals surface area contributed by atoms with Gasteiger partial charge in [-0.3, -0.25) is 14.5 Å². The van der Waals surface area contributed by atoms with E-state index in [0.29, 0.717) is 22.7 Å². The number of thiophene rings is 1. The van der Waals surface area contributed by atoms with E-state index < -0.39 is 35.9 Å². The highest BCUT2D eigenvalue weighted by Crippen LogP contribution is 2.34. The Labute approximate surface area is 202 Å². The van der Waals surface area contributed by atoms with E-state index in [-0.39, 0.29) is 13.0 Å². The highest BCUT2D eigenvalue weighted by molar-refractivity contribution is 7.16. The van der Waals surface area contributed by atoms with E-state index in [1.54, 1.807) is 19.9 Å². The third kappa shape index (κ3) is 4.91. The number of nitrogens with zero attached hydrogens (tertiary/aromatic N) is 1. The Morgan fingerprint density at radius 1 is 1.21 bits per heavy atom. The number of carbonyl (C=O) groups is 4. The van der Waals surface area contributed by atoms with E-state index in [9.17, 15) is 19.2 Å². The van der Waals surface area contributed by atoms with Crippen molar-refractivity contribution < 1.29 is 28.7 Å². The Hall–Kier alpha value is -3.40. The first kappa shape index (κ1) is 25.2.